The second kappa shape index (κ2) is 6.13. The molecule has 21 heavy (non-hydrogen) atoms. The Kier molecular flexibility index (Phi) is 4.65. The molecule has 2 rings (SSSR count). The molecule has 1 heterocycles. The second-order valence-electron chi connectivity index (χ2n) is 4.40. The number of hydrogen-bond acceptors (Lipinski definition) is 6. The predicted octanol–water partition coefficient (Wildman–Crippen LogP) is 1.26. The zero-order chi connectivity index (χ0) is 15.6. The Balaban J connectivity index is 2.29. The van der Waals surface area contributed by atoms with E-state index in [1.54, 1.807) is 6.92 Å². The smallest absolute Gasteiger partial charge is 0.379 e. The minimum atomic E-state index is -3.59. The Bertz CT molecular complexity index is 678. The van der Waals surface area contributed by atoms with Gasteiger partial charge in [-0.2, -0.15) is 0 Å². The lowest BCUT2D eigenvalue weighted by Gasteiger charge is -2.26. The van der Waals surface area contributed by atoms with Gasteiger partial charge in [-0.15, -0.1) is 0 Å². The van der Waals surface area contributed by atoms with Gasteiger partial charge >= 0.3 is 5.97 Å². The van der Waals surface area contributed by atoms with Crippen LogP contribution in [0.25, 0.3) is 0 Å². The molecule has 0 amide bonds. The summed E-state index contributed by atoms with van der Waals surface area (Å²) in [7, 11) is -3.59. The molecule has 1 aliphatic heterocycles. The van der Waals surface area contributed by atoms with Crippen LogP contribution >= 0.6 is 11.6 Å². The third-order valence-electron chi connectivity index (χ3n) is 3.01. The van der Waals surface area contributed by atoms with E-state index in [1.165, 1.54) is 12.1 Å². The Morgan fingerprint density at radius 1 is 1.38 bits per heavy atom. The van der Waals surface area contributed by atoms with Gasteiger partial charge in [-0.1, -0.05) is 11.6 Å². The van der Waals surface area contributed by atoms with Crippen molar-refractivity contribution in [2.45, 2.75) is 17.1 Å². The second-order valence-corrected chi connectivity index (χ2v) is 7.00. The van der Waals surface area contributed by atoms with Crippen molar-refractivity contribution in [3.63, 3.8) is 0 Å². The van der Waals surface area contributed by atoms with Crippen LogP contribution < -0.4 is 0 Å². The van der Waals surface area contributed by atoms with Crippen LogP contribution in [0.3, 0.4) is 0 Å². The normalized spacial score (nSPS) is 15.3. The van der Waals surface area contributed by atoms with Gasteiger partial charge in [0.05, 0.1) is 29.7 Å². The maximum atomic E-state index is 12.2. The van der Waals surface area contributed by atoms with Crippen LogP contribution in [-0.2, 0) is 24.1 Å². The van der Waals surface area contributed by atoms with E-state index in [1.807, 2.05) is 0 Å². The van der Waals surface area contributed by atoms with E-state index in [0.29, 0.717) is 0 Å². The van der Waals surface area contributed by atoms with Gasteiger partial charge in [0.25, 0.3) is 5.78 Å². The van der Waals surface area contributed by atoms with E-state index < -0.39 is 26.8 Å². The van der Waals surface area contributed by atoms with E-state index in [4.69, 9.17) is 16.3 Å². The first kappa shape index (κ1) is 15.9. The largest absolute Gasteiger partial charge is 0.460 e. The average molecular weight is 333 g/mol. The Labute approximate surface area is 126 Å². The first-order chi connectivity index (χ1) is 9.87. The van der Waals surface area contributed by atoms with Gasteiger partial charge in [0.15, 0.2) is 9.84 Å². The average Bonchev–Trinajstić information content (AvgIpc) is 2.34. The standard InChI is InChI=1S/C13H13ClO6S/c1-2-20-13(16)12(15)8-3-4-11(10(14)5-8)21(17,18)9-6-19-7-9/h3-5,9H,2,6-7H2,1H3. The molecule has 1 aromatic rings. The molecule has 6 nitrogen and oxygen atoms in total. The molecule has 0 radical (unpaired) electrons. The summed E-state index contributed by atoms with van der Waals surface area (Å²) in [5, 5.41) is -0.723. The summed E-state index contributed by atoms with van der Waals surface area (Å²) in [5.74, 6) is -1.87. The summed E-state index contributed by atoms with van der Waals surface area (Å²) >= 11 is 5.94. The number of sulfone groups is 1. The summed E-state index contributed by atoms with van der Waals surface area (Å²) in [4.78, 5) is 23.0. The van der Waals surface area contributed by atoms with Gasteiger partial charge in [-0.3, -0.25) is 4.79 Å². The molecular weight excluding hydrogens is 320 g/mol. The van der Waals surface area contributed by atoms with Gasteiger partial charge in [-0.05, 0) is 25.1 Å². The monoisotopic (exact) mass is 332 g/mol. The highest BCUT2D eigenvalue weighted by molar-refractivity contribution is 7.92. The van der Waals surface area contributed by atoms with Crippen molar-refractivity contribution in [3.8, 4) is 0 Å². The SMILES string of the molecule is CCOC(=O)C(=O)c1ccc(S(=O)(=O)C2COC2)c(Cl)c1. The van der Waals surface area contributed by atoms with Crippen LogP contribution in [0.2, 0.25) is 5.02 Å². The van der Waals surface area contributed by atoms with Crippen LogP contribution in [0, 0.1) is 0 Å². The maximum absolute atomic E-state index is 12.2. The van der Waals surface area contributed by atoms with Crippen molar-refractivity contribution >= 4 is 33.2 Å². The minimum absolute atomic E-state index is 0.0118. The molecule has 1 aliphatic rings. The fraction of sp³-hybridized carbons (Fsp3) is 0.385. The predicted molar refractivity (Wildman–Crippen MR) is 74.2 cm³/mol. The first-order valence-corrected chi connectivity index (χ1v) is 8.13. The van der Waals surface area contributed by atoms with E-state index in [0.717, 1.165) is 6.07 Å². The number of Topliss-reactive ketones (excluding diaryl/α,β-unsaturated/α-hetero) is 1. The zero-order valence-electron chi connectivity index (χ0n) is 11.2. The van der Waals surface area contributed by atoms with Crippen molar-refractivity contribution in [2.24, 2.45) is 0 Å². The number of carbonyl (C=O) groups excluding carboxylic acids is 2. The first-order valence-electron chi connectivity index (χ1n) is 6.20. The van der Waals surface area contributed by atoms with Crippen molar-refractivity contribution in [1.29, 1.82) is 0 Å². The number of halogens is 1. The third-order valence-corrected chi connectivity index (χ3v) is 5.55. The highest BCUT2D eigenvalue weighted by Gasteiger charge is 2.35. The Morgan fingerprint density at radius 3 is 2.52 bits per heavy atom. The lowest BCUT2D eigenvalue weighted by Crippen LogP contribution is -2.40. The summed E-state index contributed by atoms with van der Waals surface area (Å²) in [6, 6.07) is 3.63. The quantitative estimate of drug-likeness (QED) is 0.458. The van der Waals surface area contributed by atoms with Crippen LogP contribution in [0.5, 0.6) is 0 Å². The number of hydrogen-bond donors (Lipinski definition) is 0. The van der Waals surface area contributed by atoms with E-state index in [-0.39, 0.29) is 35.3 Å². The molecule has 1 fully saturated rings. The molecule has 1 saturated heterocycles. The molecule has 0 aromatic heterocycles. The Morgan fingerprint density at radius 2 is 2.05 bits per heavy atom. The molecule has 1 aromatic carbocycles. The summed E-state index contributed by atoms with van der Waals surface area (Å²) in [6.45, 7) is 1.91. The van der Waals surface area contributed by atoms with Crippen LogP contribution in [-0.4, -0.2) is 45.2 Å². The topological polar surface area (TPSA) is 86.7 Å². The molecule has 0 spiro atoms. The number of ketones is 1. The summed E-state index contributed by atoms with van der Waals surface area (Å²) < 4.78 is 33.9. The minimum Gasteiger partial charge on any atom is -0.460 e. The van der Waals surface area contributed by atoms with Gasteiger partial charge in [0, 0.05) is 5.56 Å². The van der Waals surface area contributed by atoms with Crippen LogP contribution in [0.1, 0.15) is 17.3 Å². The lowest BCUT2D eigenvalue weighted by molar-refractivity contribution is -0.137. The molecule has 0 atom stereocenters. The van der Waals surface area contributed by atoms with Crippen LogP contribution in [0.15, 0.2) is 23.1 Å². The number of ether oxygens (including phenoxy) is 2. The van der Waals surface area contributed by atoms with Crippen molar-refractivity contribution < 1.29 is 27.5 Å². The molecule has 8 heteroatoms. The fourth-order valence-corrected chi connectivity index (χ4v) is 3.76. The van der Waals surface area contributed by atoms with Gasteiger partial charge in [0.2, 0.25) is 0 Å². The maximum Gasteiger partial charge on any atom is 0.379 e. The Hall–Kier alpha value is -1.44. The van der Waals surface area contributed by atoms with Gasteiger partial charge in [-0.25, -0.2) is 13.2 Å². The number of esters is 1. The highest BCUT2D eigenvalue weighted by Crippen LogP contribution is 2.28. The molecule has 0 N–H and O–H groups in total. The molecule has 0 unspecified atom stereocenters. The van der Waals surface area contributed by atoms with Crippen molar-refractivity contribution in [1.82, 2.24) is 0 Å². The number of rotatable bonds is 5. The summed E-state index contributed by atoms with van der Waals surface area (Å²) in [5.41, 5.74) is -0.0118. The molecule has 0 aliphatic carbocycles. The van der Waals surface area contributed by atoms with Gasteiger partial charge < -0.3 is 9.47 Å². The van der Waals surface area contributed by atoms with Gasteiger partial charge in [0.1, 0.15) is 5.25 Å². The third kappa shape index (κ3) is 3.09. The van der Waals surface area contributed by atoms with Crippen molar-refractivity contribution in [3.05, 3.63) is 28.8 Å². The number of carbonyl (C=O) groups is 2. The molecule has 0 saturated carbocycles. The molecular formula is C13H13ClO6S. The number of benzene rings is 1. The highest BCUT2D eigenvalue weighted by atomic mass is 35.5. The summed E-state index contributed by atoms with van der Waals surface area (Å²) in [6.07, 6.45) is 0. The van der Waals surface area contributed by atoms with E-state index in [9.17, 15) is 18.0 Å². The fourth-order valence-electron chi connectivity index (χ4n) is 1.76. The van der Waals surface area contributed by atoms with Crippen molar-refractivity contribution in [2.75, 3.05) is 19.8 Å². The lowest BCUT2D eigenvalue weighted by atomic mass is 10.1. The van der Waals surface area contributed by atoms with Crippen LogP contribution in [0.4, 0.5) is 0 Å². The molecule has 0 bridgehead atoms. The zero-order valence-corrected chi connectivity index (χ0v) is 12.7. The van der Waals surface area contributed by atoms with E-state index in [2.05, 4.69) is 4.74 Å². The molecule has 114 valence electrons. The van der Waals surface area contributed by atoms with E-state index >= 15 is 0 Å².